The Labute approximate surface area is 112 Å². The van der Waals surface area contributed by atoms with Gasteiger partial charge in [0, 0.05) is 0 Å². The van der Waals surface area contributed by atoms with Crippen LogP contribution in [-0.2, 0) is 0 Å². The number of hydrogen-bond donors (Lipinski definition) is 0. The first-order valence-corrected chi connectivity index (χ1v) is 7.45. The Morgan fingerprint density at radius 2 is 1.67 bits per heavy atom. The number of unbranched alkanes of at least 4 members (excludes halogenated alkanes) is 3. The summed E-state index contributed by atoms with van der Waals surface area (Å²) in [6, 6.07) is 5.71. The van der Waals surface area contributed by atoms with Gasteiger partial charge in [0.05, 0.1) is 0 Å². The summed E-state index contributed by atoms with van der Waals surface area (Å²) < 4.78 is 14.0. The molecule has 0 saturated heterocycles. The molecule has 1 heteroatoms. The van der Waals surface area contributed by atoms with Crippen LogP contribution in [0, 0.1) is 12.7 Å². The van der Waals surface area contributed by atoms with Crippen LogP contribution in [0.15, 0.2) is 18.2 Å². The fourth-order valence-electron chi connectivity index (χ4n) is 2.51. The third kappa shape index (κ3) is 4.80. The normalized spacial score (nSPS) is 12.7. The quantitative estimate of drug-likeness (QED) is 0.497. The molecule has 0 nitrogen and oxygen atoms in total. The highest BCUT2D eigenvalue weighted by atomic mass is 19.1. The van der Waals surface area contributed by atoms with Gasteiger partial charge in [0.1, 0.15) is 5.82 Å². The van der Waals surface area contributed by atoms with E-state index in [0.717, 1.165) is 24.0 Å². The Balaban J connectivity index is 2.73. The molecule has 1 aromatic rings. The first-order chi connectivity index (χ1) is 8.69. The highest BCUT2D eigenvalue weighted by Crippen LogP contribution is 2.30. The highest BCUT2D eigenvalue weighted by molar-refractivity contribution is 5.26. The lowest BCUT2D eigenvalue weighted by Gasteiger charge is -2.18. The number of benzene rings is 1. The zero-order valence-electron chi connectivity index (χ0n) is 12.1. The molecule has 0 aliphatic carbocycles. The largest absolute Gasteiger partial charge is 0.207 e. The van der Waals surface area contributed by atoms with Gasteiger partial charge in [-0.25, -0.2) is 4.39 Å². The summed E-state index contributed by atoms with van der Waals surface area (Å²) >= 11 is 0. The molecule has 0 amide bonds. The van der Waals surface area contributed by atoms with Crippen LogP contribution >= 0.6 is 0 Å². The van der Waals surface area contributed by atoms with Crippen molar-refractivity contribution in [3.8, 4) is 0 Å². The molecule has 0 spiro atoms. The van der Waals surface area contributed by atoms with Crippen molar-refractivity contribution in [1.29, 1.82) is 0 Å². The molecular weight excluding hydrogens is 223 g/mol. The topological polar surface area (TPSA) is 0 Å². The van der Waals surface area contributed by atoms with Gasteiger partial charge < -0.3 is 0 Å². The van der Waals surface area contributed by atoms with E-state index >= 15 is 0 Å². The van der Waals surface area contributed by atoms with E-state index in [4.69, 9.17) is 0 Å². The third-order valence-electron chi connectivity index (χ3n) is 3.66. The Morgan fingerprint density at radius 3 is 2.28 bits per heavy atom. The van der Waals surface area contributed by atoms with Crippen molar-refractivity contribution >= 4 is 0 Å². The first kappa shape index (κ1) is 15.2. The van der Waals surface area contributed by atoms with Gasteiger partial charge in [-0.15, -0.1) is 0 Å². The molecule has 0 radical (unpaired) electrons. The second-order valence-electron chi connectivity index (χ2n) is 5.36. The SMILES string of the molecule is CCCCCC(CCCC)c1ccc(C)cc1F. The van der Waals surface area contributed by atoms with E-state index in [2.05, 4.69) is 13.8 Å². The van der Waals surface area contributed by atoms with E-state index in [-0.39, 0.29) is 5.82 Å². The molecule has 1 unspecified atom stereocenters. The summed E-state index contributed by atoms with van der Waals surface area (Å²) in [4.78, 5) is 0. The van der Waals surface area contributed by atoms with E-state index in [0.29, 0.717) is 5.92 Å². The van der Waals surface area contributed by atoms with Gasteiger partial charge in [-0.05, 0) is 42.9 Å². The standard InChI is InChI=1S/C17H27F/c1-4-6-8-10-15(9-7-5-2)16-12-11-14(3)13-17(16)18/h11-13,15H,4-10H2,1-3H3. The van der Waals surface area contributed by atoms with Gasteiger partial charge in [-0.1, -0.05) is 58.1 Å². The van der Waals surface area contributed by atoms with Gasteiger partial charge in [-0.2, -0.15) is 0 Å². The molecule has 0 N–H and O–H groups in total. The van der Waals surface area contributed by atoms with Gasteiger partial charge in [0.2, 0.25) is 0 Å². The van der Waals surface area contributed by atoms with Crippen LogP contribution in [0.2, 0.25) is 0 Å². The fraction of sp³-hybridized carbons (Fsp3) is 0.647. The zero-order chi connectivity index (χ0) is 13.4. The minimum Gasteiger partial charge on any atom is -0.207 e. The summed E-state index contributed by atoms with van der Waals surface area (Å²) in [5.74, 6) is 0.407. The van der Waals surface area contributed by atoms with Crippen LogP contribution in [0.25, 0.3) is 0 Å². The summed E-state index contributed by atoms with van der Waals surface area (Å²) in [5.41, 5.74) is 1.95. The zero-order valence-corrected chi connectivity index (χ0v) is 12.1. The van der Waals surface area contributed by atoms with Gasteiger partial charge in [-0.3, -0.25) is 0 Å². The molecule has 102 valence electrons. The minimum atomic E-state index is -0.00685. The Kier molecular flexibility index (Phi) is 7.00. The lowest BCUT2D eigenvalue weighted by Crippen LogP contribution is -2.03. The molecule has 0 heterocycles. The number of hydrogen-bond acceptors (Lipinski definition) is 0. The average Bonchev–Trinajstić information content (AvgIpc) is 2.34. The van der Waals surface area contributed by atoms with Crippen molar-refractivity contribution in [2.75, 3.05) is 0 Å². The summed E-state index contributed by atoms with van der Waals surface area (Å²) in [6.07, 6.45) is 8.36. The Bertz CT molecular complexity index is 343. The lowest BCUT2D eigenvalue weighted by atomic mass is 9.88. The van der Waals surface area contributed by atoms with Gasteiger partial charge >= 0.3 is 0 Å². The Hall–Kier alpha value is -0.850. The second kappa shape index (κ2) is 8.29. The summed E-state index contributed by atoms with van der Waals surface area (Å²) in [5, 5.41) is 0. The fourth-order valence-corrected chi connectivity index (χ4v) is 2.51. The van der Waals surface area contributed by atoms with Crippen molar-refractivity contribution in [3.05, 3.63) is 35.1 Å². The predicted molar refractivity (Wildman–Crippen MR) is 77.5 cm³/mol. The number of aryl methyl sites for hydroxylation is 1. The van der Waals surface area contributed by atoms with Crippen molar-refractivity contribution in [3.63, 3.8) is 0 Å². The van der Waals surface area contributed by atoms with Crippen molar-refractivity contribution in [1.82, 2.24) is 0 Å². The van der Waals surface area contributed by atoms with E-state index in [9.17, 15) is 4.39 Å². The van der Waals surface area contributed by atoms with Crippen LogP contribution < -0.4 is 0 Å². The van der Waals surface area contributed by atoms with Crippen molar-refractivity contribution in [2.24, 2.45) is 0 Å². The van der Waals surface area contributed by atoms with Crippen LogP contribution in [0.4, 0.5) is 4.39 Å². The lowest BCUT2D eigenvalue weighted by molar-refractivity contribution is 0.489. The molecule has 1 atom stereocenters. The van der Waals surface area contributed by atoms with Crippen LogP contribution in [0.5, 0.6) is 0 Å². The van der Waals surface area contributed by atoms with Gasteiger partial charge in [0.15, 0.2) is 0 Å². The molecule has 1 rings (SSSR count). The van der Waals surface area contributed by atoms with Crippen LogP contribution in [0.3, 0.4) is 0 Å². The molecular formula is C17H27F. The second-order valence-corrected chi connectivity index (χ2v) is 5.36. The molecule has 0 saturated carbocycles. The Morgan fingerprint density at radius 1 is 1.00 bits per heavy atom. The minimum absolute atomic E-state index is 0.00685. The molecule has 0 aromatic heterocycles. The van der Waals surface area contributed by atoms with Crippen molar-refractivity contribution in [2.45, 2.75) is 71.6 Å². The summed E-state index contributed by atoms with van der Waals surface area (Å²) in [7, 11) is 0. The molecule has 18 heavy (non-hydrogen) atoms. The number of halogens is 1. The monoisotopic (exact) mass is 250 g/mol. The third-order valence-corrected chi connectivity index (χ3v) is 3.66. The molecule has 0 bridgehead atoms. The van der Waals surface area contributed by atoms with E-state index < -0.39 is 0 Å². The van der Waals surface area contributed by atoms with Crippen molar-refractivity contribution < 1.29 is 4.39 Å². The summed E-state index contributed by atoms with van der Waals surface area (Å²) in [6.45, 7) is 6.37. The first-order valence-electron chi connectivity index (χ1n) is 7.45. The van der Waals surface area contributed by atoms with E-state index in [1.807, 2.05) is 19.1 Å². The molecule has 0 aliphatic heterocycles. The van der Waals surface area contributed by atoms with E-state index in [1.54, 1.807) is 6.07 Å². The maximum Gasteiger partial charge on any atom is 0.126 e. The van der Waals surface area contributed by atoms with Crippen LogP contribution in [-0.4, -0.2) is 0 Å². The maximum atomic E-state index is 14.0. The molecule has 0 fully saturated rings. The van der Waals surface area contributed by atoms with Gasteiger partial charge in [0.25, 0.3) is 0 Å². The average molecular weight is 250 g/mol. The highest BCUT2D eigenvalue weighted by Gasteiger charge is 2.15. The van der Waals surface area contributed by atoms with Crippen LogP contribution in [0.1, 0.15) is 75.8 Å². The maximum absolute atomic E-state index is 14.0. The number of rotatable bonds is 8. The van der Waals surface area contributed by atoms with E-state index in [1.165, 1.54) is 32.1 Å². The molecule has 1 aromatic carbocycles. The predicted octanol–water partition coefficient (Wildman–Crippen LogP) is 5.99. The molecule has 0 aliphatic rings. The smallest absolute Gasteiger partial charge is 0.126 e.